The minimum atomic E-state index is -4.11. The fraction of sp³-hybridized carbons (Fsp3) is 0.310. The van der Waals surface area contributed by atoms with Gasteiger partial charge in [0.2, 0.25) is 11.8 Å². The average Bonchev–Trinajstić information content (AvgIpc) is 2.91. The molecule has 8 nitrogen and oxygen atoms in total. The second-order valence-corrected chi connectivity index (χ2v) is 11.1. The van der Waals surface area contributed by atoms with Gasteiger partial charge in [0.15, 0.2) is 0 Å². The number of methoxy groups -OCH3 is 1. The Balaban J connectivity index is 2.08. The van der Waals surface area contributed by atoms with Gasteiger partial charge in [0.25, 0.3) is 10.0 Å². The van der Waals surface area contributed by atoms with Crippen molar-refractivity contribution < 1.29 is 22.7 Å². The van der Waals surface area contributed by atoms with Crippen LogP contribution in [0, 0.1) is 20.8 Å². The zero-order chi connectivity index (χ0) is 28.0. The molecule has 0 spiro atoms. The summed E-state index contributed by atoms with van der Waals surface area (Å²) in [4.78, 5) is 28.0. The second kappa shape index (κ2) is 12.1. The van der Waals surface area contributed by atoms with Gasteiger partial charge in [-0.25, -0.2) is 8.42 Å². The van der Waals surface area contributed by atoms with E-state index in [0.717, 1.165) is 26.6 Å². The van der Waals surface area contributed by atoms with Gasteiger partial charge in [0.05, 0.1) is 17.7 Å². The van der Waals surface area contributed by atoms with E-state index in [1.54, 1.807) is 56.5 Å². The maximum absolute atomic E-state index is 13.9. The first-order valence-corrected chi connectivity index (χ1v) is 13.7. The van der Waals surface area contributed by atoms with E-state index in [2.05, 4.69) is 5.32 Å². The highest BCUT2D eigenvalue weighted by molar-refractivity contribution is 7.92. The van der Waals surface area contributed by atoms with Crippen LogP contribution < -0.4 is 14.4 Å². The number of likely N-dealkylation sites (N-methyl/N-ethyl adjacent to an activating group) is 1. The summed E-state index contributed by atoms with van der Waals surface area (Å²) < 4.78 is 34.3. The Morgan fingerprint density at radius 2 is 1.63 bits per heavy atom. The van der Waals surface area contributed by atoms with E-state index in [1.807, 2.05) is 32.9 Å². The Kier molecular flexibility index (Phi) is 9.17. The number of carbonyl (C=O) groups excluding carboxylic acids is 2. The van der Waals surface area contributed by atoms with E-state index in [1.165, 1.54) is 24.1 Å². The minimum absolute atomic E-state index is 0.0792. The SMILES string of the molecule is CNC(=O)C(C)N(Cc1cccc(OC)c1)C(=O)CN(c1cccc(C)c1C)S(=O)(=O)c1ccc(C)cc1. The molecule has 3 aromatic carbocycles. The van der Waals surface area contributed by atoms with Gasteiger partial charge in [-0.05, 0) is 74.7 Å². The Morgan fingerprint density at radius 1 is 0.974 bits per heavy atom. The normalized spacial score (nSPS) is 11.9. The highest BCUT2D eigenvalue weighted by Crippen LogP contribution is 2.29. The Morgan fingerprint density at radius 3 is 2.26 bits per heavy atom. The molecule has 0 fully saturated rings. The number of amides is 2. The first kappa shape index (κ1) is 28.7. The monoisotopic (exact) mass is 537 g/mol. The molecule has 0 heterocycles. The van der Waals surface area contributed by atoms with Crippen molar-refractivity contribution in [2.24, 2.45) is 0 Å². The number of nitrogens with zero attached hydrogens (tertiary/aromatic N) is 2. The number of carbonyl (C=O) groups is 2. The zero-order valence-corrected chi connectivity index (χ0v) is 23.5. The second-order valence-electron chi connectivity index (χ2n) is 9.21. The topological polar surface area (TPSA) is 96.0 Å². The molecule has 1 atom stereocenters. The number of aryl methyl sites for hydroxylation is 2. The number of nitrogens with one attached hydrogen (secondary N) is 1. The number of ether oxygens (including phenoxy) is 1. The van der Waals surface area contributed by atoms with Crippen LogP contribution in [0.25, 0.3) is 0 Å². The van der Waals surface area contributed by atoms with Crippen molar-refractivity contribution in [1.29, 1.82) is 0 Å². The molecule has 202 valence electrons. The van der Waals surface area contributed by atoms with Crippen LogP contribution in [0.15, 0.2) is 71.6 Å². The van der Waals surface area contributed by atoms with Crippen LogP contribution >= 0.6 is 0 Å². The van der Waals surface area contributed by atoms with Gasteiger partial charge < -0.3 is 15.0 Å². The molecule has 0 saturated carbocycles. The molecule has 1 unspecified atom stereocenters. The molecule has 0 aliphatic carbocycles. The third kappa shape index (κ3) is 6.34. The lowest BCUT2D eigenvalue weighted by molar-refractivity contribution is -0.139. The summed E-state index contributed by atoms with van der Waals surface area (Å²) in [6.07, 6.45) is 0. The van der Waals surface area contributed by atoms with E-state index in [-0.39, 0.29) is 17.3 Å². The van der Waals surface area contributed by atoms with Gasteiger partial charge in [-0.15, -0.1) is 0 Å². The van der Waals surface area contributed by atoms with E-state index >= 15 is 0 Å². The Labute approximate surface area is 225 Å². The lowest BCUT2D eigenvalue weighted by atomic mass is 10.1. The minimum Gasteiger partial charge on any atom is -0.497 e. The lowest BCUT2D eigenvalue weighted by Crippen LogP contribution is -2.50. The van der Waals surface area contributed by atoms with Crippen LogP contribution in [0.4, 0.5) is 5.69 Å². The molecule has 0 radical (unpaired) electrons. The summed E-state index contributed by atoms with van der Waals surface area (Å²) >= 11 is 0. The number of hydrogen-bond acceptors (Lipinski definition) is 5. The first-order chi connectivity index (χ1) is 18.0. The summed E-state index contributed by atoms with van der Waals surface area (Å²) in [6.45, 7) is 6.82. The van der Waals surface area contributed by atoms with E-state index < -0.39 is 28.5 Å². The Bertz CT molecular complexity index is 1400. The fourth-order valence-corrected chi connectivity index (χ4v) is 5.59. The smallest absolute Gasteiger partial charge is 0.264 e. The summed E-state index contributed by atoms with van der Waals surface area (Å²) in [6, 6.07) is 18.2. The third-order valence-electron chi connectivity index (χ3n) is 6.63. The maximum atomic E-state index is 13.9. The van der Waals surface area contributed by atoms with E-state index in [9.17, 15) is 18.0 Å². The molecule has 3 aromatic rings. The third-order valence-corrected chi connectivity index (χ3v) is 8.41. The molecule has 0 aliphatic rings. The number of benzene rings is 3. The maximum Gasteiger partial charge on any atom is 0.264 e. The molecule has 3 rings (SSSR count). The Hall–Kier alpha value is -3.85. The number of hydrogen-bond donors (Lipinski definition) is 1. The zero-order valence-electron chi connectivity index (χ0n) is 22.7. The molecular weight excluding hydrogens is 502 g/mol. The summed E-state index contributed by atoms with van der Waals surface area (Å²) in [5, 5.41) is 2.58. The number of anilines is 1. The van der Waals surface area contributed by atoms with Crippen LogP contribution in [-0.4, -0.2) is 51.9 Å². The summed E-state index contributed by atoms with van der Waals surface area (Å²) in [7, 11) is -1.06. The molecule has 0 aliphatic heterocycles. The summed E-state index contributed by atoms with van der Waals surface area (Å²) in [5.41, 5.74) is 3.71. The van der Waals surface area contributed by atoms with Crippen molar-refractivity contribution in [3.05, 3.63) is 89.0 Å². The molecule has 1 N–H and O–H groups in total. The van der Waals surface area contributed by atoms with Gasteiger partial charge in [0.1, 0.15) is 18.3 Å². The van der Waals surface area contributed by atoms with E-state index in [4.69, 9.17) is 4.74 Å². The highest BCUT2D eigenvalue weighted by Gasteiger charge is 2.33. The van der Waals surface area contributed by atoms with Gasteiger partial charge in [-0.2, -0.15) is 0 Å². The molecule has 0 aromatic heterocycles. The van der Waals surface area contributed by atoms with Crippen LogP contribution in [0.2, 0.25) is 0 Å². The molecular formula is C29H35N3O5S. The molecule has 0 saturated heterocycles. The van der Waals surface area contributed by atoms with Crippen LogP contribution in [0.1, 0.15) is 29.2 Å². The van der Waals surface area contributed by atoms with Gasteiger partial charge in [-0.1, -0.05) is 42.0 Å². The summed E-state index contributed by atoms with van der Waals surface area (Å²) in [5.74, 6) is -0.261. The van der Waals surface area contributed by atoms with Crippen molar-refractivity contribution in [3.8, 4) is 5.75 Å². The first-order valence-electron chi connectivity index (χ1n) is 12.3. The van der Waals surface area contributed by atoms with Gasteiger partial charge >= 0.3 is 0 Å². The van der Waals surface area contributed by atoms with Crippen molar-refractivity contribution >= 4 is 27.5 Å². The van der Waals surface area contributed by atoms with Crippen LogP contribution in [0.5, 0.6) is 5.75 Å². The molecule has 0 bridgehead atoms. The van der Waals surface area contributed by atoms with Crippen molar-refractivity contribution in [2.75, 3.05) is 25.0 Å². The number of sulfonamides is 1. The van der Waals surface area contributed by atoms with E-state index in [0.29, 0.717) is 11.4 Å². The van der Waals surface area contributed by atoms with Crippen LogP contribution in [0.3, 0.4) is 0 Å². The highest BCUT2D eigenvalue weighted by atomic mass is 32.2. The van der Waals surface area contributed by atoms with Crippen molar-refractivity contribution in [3.63, 3.8) is 0 Å². The van der Waals surface area contributed by atoms with Gasteiger partial charge in [-0.3, -0.25) is 13.9 Å². The molecule has 38 heavy (non-hydrogen) atoms. The number of rotatable bonds is 10. The van der Waals surface area contributed by atoms with Crippen molar-refractivity contribution in [2.45, 2.75) is 45.2 Å². The fourth-order valence-electron chi connectivity index (χ4n) is 4.12. The average molecular weight is 538 g/mol. The van der Waals surface area contributed by atoms with Gasteiger partial charge in [0, 0.05) is 13.6 Å². The quantitative estimate of drug-likeness (QED) is 0.422. The van der Waals surface area contributed by atoms with Crippen LogP contribution in [-0.2, 0) is 26.2 Å². The van der Waals surface area contributed by atoms with Crippen molar-refractivity contribution in [1.82, 2.24) is 10.2 Å². The standard InChI is InChI=1S/C29H35N3O5S/c1-20-13-15-26(16-14-20)38(35,36)32(27-12-7-9-21(2)22(27)3)19-28(33)31(23(4)29(34)30-5)18-24-10-8-11-25(17-24)37-6/h7-17,23H,18-19H2,1-6H3,(H,30,34). The molecule has 2 amide bonds. The molecule has 9 heteroatoms. The lowest BCUT2D eigenvalue weighted by Gasteiger charge is -2.32. The largest absolute Gasteiger partial charge is 0.497 e. The predicted octanol–water partition coefficient (Wildman–Crippen LogP) is 3.98. The predicted molar refractivity (Wildman–Crippen MR) is 149 cm³/mol.